The molecule has 2 bridgehead atoms. The van der Waals surface area contributed by atoms with Crippen molar-refractivity contribution in [1.29, 1.82) is 0 Å². The van der Waals surface area contributed by atoms with E-state index < -0.39 is 0 Å². The van der Waals surface area contributed by atoms with Gasteiger partial charge < -0.3 is 0 Å². The van der Waals surface area contributed by atoms with Gasteiger partial charge in [0.15, 0.2) is 0 Å². The standard InChI is InChI=1S/C21H17BrClN/c22-15-3-1-2-12(6-7-15)21-20-14-5-4-13(10-14)19(20)17-11-16(23)8-9-18(17)24-21/h2-3,6-9,11,13-14H,1,4-5,10H2. The number of benzene rings is 1. The first-order valence-corrected chi connectivity index (χ1v) is 9.75. The molecule has 24 heavy (non-hydrogen) atoms. The number of hydrogen-bond donors (Lipinski definition) is 0. The highest BCUT2D eigenvalue weighted by atomic mass is 79.9. The van der Waals surface area contributed by atoms with Gasteiger partial charge in [0.25, 0.3) is 0 Å². The highest BCUT2D eigenvalue weighted by Gasteiger charge is 2.40. The minimum Gasteiger partial charge on any atom is -0.247 e. The average molecular weight is 399 g/mol. The third kappa shape index (κ3) is 2.23. The molecule has 2 unspecified atom stereocenters. The van der Waals surface area contributed by atoms with Gasteiger partial charge in [-0.15, -0.1) is 0 Å². The van der Waals surface area contributed by atoms with E-state index in [1.807, 2.05) is 6.07 Å². The Balaban J connectivity index is 1.79. The van der Waals surface area contributed by atoms with E-state index in [2.05, 4.69) is 52.4 Å². The topological polar surface area (TPSA) is 12.9 Å². The second kappa shape index (κ2) is 5.57. The Morgan fingerprint density at radius 3 is 2.75 bits per heavy atom. The molecule has 5 rings (SSSR count). The molecule has 1 heterocycles. The van der Waals surface area contributed by atoms with Crippen LogP contribution in [-0.4, -0.2) is 4.98 Å². The maximum Gasteiger partial charge on any atom is 0.0744 e. The number of allylic oxidation sites excluding steroid dienone is 6. The van der Waals surface area contributed by atoms with Gasteiger partial charge in [-0.1, -0.05) is 45.8 Å². The molecule has 0 N–H and O–H groups in total. The molecule has 3 aliphatic carbocycles. The molecular weight excluding hydrogens is 382 g/mol. The summed E-state index contributed by atoms with van der Waals surface area (Å²) >= 11 is 9.87. The minimum atomic E-state index is 0.671. The minimum absolute atomic E-state index is 0.671. The van der Waals surface area contributed by atoms with E-state index in [0.29, 0.717) is 11.8 Å². The van der Waals surface area contributed by atoms with Crippen molar-refractivity contribution < 1.29 is 0 Å². The first-order chi connectivity index (χ1) is 11.7. The van der Waals surface area contributed by atoms with Crippen LogP contribution in [-0.2, 0) is 0 Å². The summed E-state index contributed by atoms with van der Waals surface area (Å²) in [5.74, 6) is 1.36. The SMILES string of the molecule is Clc1ccc2nc(C3=CCC=C(Br)C=C3)c3c(c2c1)C1CCC3C1. The summed E-state index contributed by atoms with van der Waals surface area (Å²) in [6.07, 6.45) is 13.6. The number of hydrogen-bond acceptors (Lipinski definition) is 1. The highest BCUT2D eigenvalue weighted by molar-refractivity contribution is 9.11. The fraction of sp³-hybridized carbons (Fsp3) is 0.286. The first-order valence-electron chi connectivity index (χ1n) is 8.58. The zero-order valence-electron chi connectivity index (χ0n) is 13.2. The molecule has 0 spiro atoms. The van der Waals surface area contributed by atoms with E-state index in [1.54, 1.807) is 0 Å². The largest absolute Gasteiger partial charge is 0.247 e. The van der Waals surface area contributed by atoms with Crippen LogP contribution in [0.1, 0.15) is 54.3 Å². The van der Waals surface area contributed by atoms with Crippen LogP contribution in [0.25, 0.3) is 16.5 Å². The fourth-order valence-corrected chi connectivity index (χ4v) is 5.12. The van der Waals surface area contributed by atoms with Crippen molar-refractivity contribution in [2.75, 3.05) is 0 Å². The Morgan fingerprint density at radius 2 is 1.88 bits per heavy atom. The Morgan fingerprint density at radius 1 is 1.04 bits per heavy atom. The van der Waals surface area contributed by atoms with Crippen LogP contribution in [0.5, 0.6) is 0 Å². The molecule has 3 aliphatic rings. The van der Waals surface area contributed by atoms with Gasteiger partial charge in [0.2, 0.25) is 0 Å². The van der Waals surface area contributed by atoms with Crippen LogP contribution in [0.3, 0.4) is 0 Å². The van der Waals surface area contributed by atoms with Gasteiger partial charge in [-0.25, -0.2) is 4.98 Å². The lowest BCUT2D eigenvalue weighted by atomic mass is 9.86. The Bertz CT molecular complexity index is 954. The Kier molecular flexibility index (Phi) is 3.46. The average Bonchev–Trinajstić information content (AvgIpc) is 3.13. The third-order valence-corrected chi connectivity index (χ3v) is 6.44. The molecule has 1 fully saturated rings. The van der Waals surface area contributed by atoms with E-state index in [4.69, 9.17) is 16.6 Å². The summed E-state index contributed by atoms with van der Waals surface area (Å²) in [5.41, 5.74) is 6.54. The van der Waals surface area contributed by atoms with Gasteiger partial charge in [0.1, 0.15) is 0 Å². The van der Waals surface area contributed by atoms with Gasteiger partial charge >= 0.3 is 0 Å². The summed E-state index contributed by atoms with van der Waals surface area (Å²) in [6.45, 7) is 0. The lowest BCUT2D eigenvalue weighted by Gasteiger charge is -2.21. The van der Waals surface area contributed by atoms with E-state index in [0.717, 1.165) is 21.4 Å². The summed E-state index contributed by atoms with van der Waals surface area (Å²) in [5, 5.41) is 2.08. The second-order valence-electron chi connectivity index (χ2n) is 6.97. The van der Waals surface area contributed by atoms with E-state index in [9.17, 15) is 0 Å². The number of pyridine rings is 1. The summed E-state index contributed by atoms with van der Waals surface area (Å²) < 4.78 is 1.14. The molecule has 0 amide bonds. The zero-order chi connectivity index (χ0) is 16.3. The molecule has 2 atom stereocenters. The number of aromatic nitrogens is 1. The maximum atomic E-state index is 6.29. The van der Waals surface area contributed by atoms with Crippen LogP contribution >= 0.6 is 27.5 Å². The molecule has 0 radical (unpaired) electrons. The van der Waals surface area contributed by atoms with Crippen molar-refractivity contribution in [1.82, 2.24) is 4.98 Å². The normalized spacial score (nSPS) is 24.8. The predicted octanol–water partition coefficient (Wildman–Crippen LogP) is 6.88. The van der Waals surface area contributed by atoms with Gasteiger partial charge in [0.05, 0.1) is 11.2 Å². The molecule has 1 aromatic heterocycles. The van der Waals surface area contributed by atoms with E-state index >= 15 is 0 Å². The number of halogens is 2. The zero-order valence-corrected chi connectivity index (χ0v) is 15.6. The molecule has 3 heteroatoms. The predicted molar refractivity (Wildman–Crippen MR) is 105 cm³/mol. The fourth-order valence-electron chi connectivity index (χ4n) is 4.63. The van der Waals surface area contributed by atoms with E-state index in [1.165, 1.54) is 47.0 Å². The second-order valence-corrected chi connectivity index (χ2v) is 8.33. The lowest BCUT2D eigenvalue weighted by molar-refractivity contribution is 0.717. The van der Waals surface area contributed by atoms with Crippen LogP contribution < -0.4 is 0 Å². The number of fused-ring (bicyclic) bond motifs is 7. The first kappa shape index (κ1) is 14.9. The third-order valence-electron chi connectivity index (χ3n) is 5.62. The molecule has 1 aromatic carbocycles. The van der Waals surface area contributed by atoms with Gasteiger partial charge in [-0.2, -0.15) is 0 Å². The quantitative estimate of drug-likeness (QED) is 0.510. The van der Waals surface area contributed by atoms with E-state index in [-0.39, 0.29) is 0 Å². The highest BCUT2D eigenvalue weighted by Crippen LogP contribution is 2.56. The van der Waals surface area contributed by atoms with Crippen LogP contribution in [0, 0.1) is 0 Å². The van der Waals surface area contributed by atoms with Crippen molar-refractivity contribution in [2.24, 2.45) is 0 Å². The summed E-state index contributed by atoms with van der Waals surface area (Å²) in [4.78, 5) is 5.08. The van der Waals surface area contributed by atoms with Crippen molar-refractivity contribution in [3.63, 3.8) is 0 Å². The van der Waals surface area contributed by atoms with Gasteiger partial charge in [-0.3, -0.25) is 0 Å². The smallest absolute Gasteiger partial charge is 0.0744 e. The Hall–Kier alpha value is -1.38. The number of rotatable bonds is 1. The molecule has 0 saturated heterocycles. The lowest BCUT2D eigenvalue weighted by Crippen LogP contribution is -2.06. The van der Waals surface area contributed by atoms with Crippen LogP contribution in [0.15, 0.2) is 47.0 Å². The van der Waals surface area contributed by atoms with Gasteiger partial charge in [0, 0.05) is 14.9 Å². The monoisotopic (exact) mass is 397 g/mol. The van der Waals surface area contributed by atoms with Crippen molar-refractivity contribution >= 4 is 44.0 Å². The molecule has 2 aromatic rings. The number of nitrogens with zero attached hydrogens (tertiary/aromatic N) is 1. The molecule has 0 aliphatic heterocycles. The maximum absolute atomic E-state index is 6.29. The summed E-state index contributed by atoms with van der Waals surface area (Å²) in [7, 11) is 0. The summed E-state index contributed by atoms with van der Waals surface area (Å²) in [6, 6.07) is 6.14. The van der Waals surface area contributed by atoms with Crippen LogP contribution in [0.4, 0.5) is 0 Å². The molecule has 1 nitrogen and oxygen atoms in total. The molecular formula is C21H17BrClN. The van der Waals surface area contributed by atoms with Crippen molar-refractivity contribution in [3.8, 4) is 0 Å². The van der Waals surface area contributed by atoms with Gasteiger partial charge in [-0.05, 0) is 78.5 Å². The molecule has 1 saturated carbocycles. The Labute approximate surface area is 155 Å². The van der Waals surface area contributed by atoms with Crippen molar-refractivity contribution in [3.05, 3.63) is 68.8 Å². The molecule has 120 valence electrons. The van der Waals surface area contributed by atoms with Crippen LogP contribution in [0.2, 0.25) is 5.02 Å². The van der Waals surface area contributed by atoms with Crippen molar-refractivity contribution in [2.45, 2.75) is 37.5 Å².